The summed E-state index contributed by atoms with van der Waals surface area (Å²) in [5.41, 5.74) is 2.27. The molecule has 11 atom stereocenters. The minimum absolute atomic E-state index is 0.0437. The lowest BCUT2D eigenvalue weighted by Gasteiger charge is -2.73. The van der Waals surface area contributed by atoms with E-state index in [-0.39, 0.29) is 40.3 Å². The van der Waals surface area contributed by atoms with Gasteiger partial charge in [-0.1, -0.05) is 77.1 Å². The van der Waals surface area contributed by atoms with Crippen LogP contribution in [0.15, 0.2) is 48.7 Å². The number of ether oxygens (including phenoxy) is 1. The maximum absolute atomic E-state index is 15.4. The summed E-state index contributed by atoms with van der Waals surface area (Å²) in [5, 5.41) is 3.58. The molecule has 1 aromatic carbocycles. The summed E-state index contributed by atoms with van der Waals surface area (Å²) in [6.07, 6.45) is 12.0. The number of hydrogen-bond donors (Lipinski definition) is 2. The molecule has 1 aromatic heterocycles. The van der Waals surface area contributed by atoms with Gasteiger partial charge in [-0.05, 0) is 135 Å². The van der Waals surface area contributed by atoms with Crippen molar-refractivity contribution in [2.24, 2.45) is 63.1 Å². The molecular weight excluding hydrogens is 606 g/mol. The van der Waals surface area contributed by atoms with Crippen LogP contribution < -0.4 is 5.32 Å². The number of carbonyl (C=O) groups excluding carboxylic acids is 2. The third-order valence-corrected chi connectivity index (χ3v) is 16.2. The third kappa shape index (κ3) is 4.95. The molecule has 5 aliphatic carbocycles. The van der Waals surface area contributed by atoms with Gasteiger partial charge in [0.15, 0.2) is 0 Å². The molecule has 2 N–H and O–H groups in total. The van der Waals surface area contributed by atoms with Crippen molar-refractivity contribution in [3.8, 4) is 11.3 Å². The van der Waals surface area contributed by atoms with E-state index in [4.69, 9.17) is 9.72 Å². The SMILES string of the molecule is C=C(C)C1CCC2(C(=O)N[C@@H](C)c3ncc(-c4ccccc4)[nH]3)C1(C)C1CCC3C4CCC(OC(C)=O)CC4CCC3C1C(C)(C)C2(C)C. The molecule has 6 nitrogen and oxygen atoms in total. The Balaban J connectivity index is 1.22. The number of amides is 1. The number of H-pyrrole nitrogens is 1. The first-order chi connectivity index (χ1) is 23.1. The number of benzene rings is 1. The fraction of sp³-hybridized carbons (Fsp3) is 0.698. The molecule has 5 saturated carbocycles. The number of aromatic nitrogens is 2. The van der Waals surface area contributed by atoms with E-state index in [1.165, 1.54) is 37.7 Å². The minimum Gasteiger partial charge on any atom is -0.463 e. The predicted molar refractivity (Wildman–Crippen MR) is 195 cm³/mol. The van der Waals surface area contributed by atoms with E-state index in [9.17, 15) is 4.79 Å². The average molecular weight is 668 g/mol. The van der Waals surface area contributed by atoms with Gasteiger partial charge in [0, 0.05) is 6.92 Å². The number of fused-ring (bicyclic) bond motifs is 7. The molecule has 0 saturated heterocycles. The maximum atomic E-state index is 15.4. The van der Waals surface area contributed by atoms with Crippen LogP contribution in [0, 0.1) is 63.1 Å². The van der Waals surface area contributed by atoms with Crippen LogP contribution in [0.25, 0.3) is 11.3 Å². The second-order valence-corrected chi connectivity index (χ2v) is 18.3. The fourth-order valence-electron chi connectivity index (χ4n) is 13.7. The second-order valence-electron chi connectivity index (χ2n) is 18.3. The normalized spacial score (nSPS) is 39.3. The highest BCUT2D eigenvalue weighted by atomic mass is 16.5. The molecule has 1 heterocycles. The van der Waals surface area contributed by atoms with Crippen LogP contribution in [-0.2, 0) is 14.3 Å². The number of esters is 1. The molecule has 5 aliphatic rings. The average Bonchev–Trinajstić information content (AvgIpc) is 3.68. The maximum Gasteiger partial charge on any atom is 0.302 e. The first kappa shape index (κ1) is 34.6. The number of nitrogens with one attached hydrogen (secondary N) is 2. The molecule has 5 fully saturated rings. The monoisotopic (exact) mass is 667 g/mol. The van der Waals surface area contributed by atoms with Crippen LogP contribution in [0.4, 0.5) is 0 Å². The van der Waals surface area contributed by atoms with E-state index >= 15 is 4.79 Å². The molecule has 0 aliphatic heterocycles. The zero-order chi connectivity index (χ0) is 35.1. The van der Waals surface area contributed by atoms with Gasteiger partial charge in [0.25, 0.3) is 0 Å². The lowest BCUT2D eigenvalue weighted by molar-refractivity contribution is -0.257. The molecule has 266 valence electrons. The molecular formula is C43H61N3O3. The molecule has 7 rings (SSSR count). The molecule has 2 aromatic rings. The van der Waals surface area contributed by atoms with Crippen molar-refractivity contribution in [2.75, 3.05) is 0 Å². The molecule has 0 bridgehead atoms. The van der Waals surface area contributed by atoms with E-state index < -0.39 is 5.41 Å². The van der Waals surface area contributed by atoms with Crippen molar-refractivity contribution in [1.82, 2.24) is 15.3 Å². The molecule has 49 heavy (non-hydrogen) atoms. The number of rotatable bonds is 6. The highest BCUT2D eigenvalue weighted by Gasteiger charge is 2.78. The molecule has 0 spiro atoms. The van der Waals surface area contributed by atoms with Gasteiger partial charge in [0.2, 0.25) is 5.91 Å². The Hall–Kier alpha value is -2.89. The number of carbonyl (C=O) groups is 2. The molecule has 6 heteroatoms. The van der Waals surface area contributed by atoms with Gasteiger partial charge in [-0.2, -0.15) is 0 Å². The third-order valence-electron chi connectivity index (χ3n) is 16.2. The number of allylic oxidation sites excluding steroid dienone is 1. The van der Waals surface area contributed by atoms with Crippen molar-refractivity contribution in [3.05, 3.63) is 54.5 Å². The number of nitrogens with zero attached hydrogens (tertiary/aromatic N) is 1. The van der Waals surface area contributed by atoms with E-state index in [0.29, 0.717) is 29.6 Å². The number of hydrogen-bond acceptors (Lipinski definition) is 4. The number of imidazole rings is 1. The van der Waals surface area contributed by atoms with Crippen LogP contribution in [-0.4, -0.2) is 27.9 Å². The number of aromatic amines is 1. The van der Waals surface area contributed by atoms with Gasteiger partial charge >= 0.3 is 5.97 Å². The fourth-order valence-corrected chi connectivity index (χ4v) is 13.7. The van der Waals surface area contributed by atoms with Gasteiger partial charge in [-0.25, -0.2) is 4.98 Å². The van der Waals surface area contributed by atoms with Crippen molar-refractivity contribution >= 4 is 11.9 Å². The molecule has 0 radical (unpaired) electrons. The Morgan fingerprint density at radius 1 is 0.939 bits per heavy atom. The summed E-state index contributed by atoms with van der Waals surface area (Å²) in [4.78, 5) is 35.4. The Bertz CT molecular complexity index is 1590. The van der Waals surface area contributed by atoms with E-state index in [1.807, 2.05) is 24.4 Å². The first-order valence-corrected chi connectivity index (χ1v) is 19.4. The lowest BCUT2D eigenvalue weighted by Crippen LogP contribution is -2.72. The Morgan fingerprint density at radius 3 is 2.33 bits per heavy atom. The quantitative estimate of drug-likeness (QED) is 0.237. The zero-order valence-electron chi connectivity index (χ0n) is 31.4. The van der Waals surface area contributed by atoms with E-state index in [1.54, 1.807) is 6.92 Å². The van der Waals surface area contributed by atoms with Crippen LogP contribution in [0.5, 0.6) is 0 Å². The van der Waals surface area contributed by atoms with Gasteiger partial charge in [0.05, 0.1) is 23.3 Å². The van der Waals surface area contributed by atoms with Crippen LogP contribution in [0.2, 0.25) is 0 Å². The van der Waals surface area contributed by atoms with Gasteiger partial charge in [0.1, 0.15) is 11.9 Å². The summed E-state index contributed by atoms with van der Waals surface area (Å²) in [6.45, 7) is 22.9. The van der Waals surface area contributed by atoms with Crippen molar-refractivity contribution in [2.45, 2.75) is 125 Å². The van der Waals surface area contributed by atoms with Gasteiger partial charge in [-0.15, -0.1) is 0 Å². The Kier molecular flexibility index (Phi) is 8.54. The largest absolute Gasteiger partial charge is 0.463 e. The van der Waals surface area contributed by atoms with Crippen LogP contribution in [0.3, 0.4) is 0 Å². The lowest BCUT2D eigenvalue weighted by atomic mass is 9.30. The summed E-state index contributed by atoms with van der Waals surface area (Å²) in [6, 6.07) is 10.0. The minimum atomic E-state index is -0.538. The summed E-state index contributed by atoms with van der Waals surface area (Å²) in [5.74, 6) is 4.98. The topological polar surface area (TPSA) is 84.1 Å². The summed E-state index contributed by atoms with van der Waals surface area (Å²) < 4.78 is 5.74. The smallest absolute Gasteiger partial charge is 0.302 e. The van der Waals surface area contributed by atoms with Crippen LogP contribution in [0.1, 0.15) is 125 Å². The van der Waals surface area contributed by atoms with E-state index in [0.717, 1.165) is 54.6 Å². The van der Waals surface area contributed by atoms with Crippen molar-refractivity contribution < 1.29 is 14.3 Å². The highest BCUT2D eigenvalue weighted by molar-refractivity contribution is 5.86. The summed E-state index contributed by atoms with van der Waals surface area (Å²) in [7, 11) is 0. The molecule has 10 unspecified atom stereocenters. The Morgan fingerprint density at radius 2 is 1.63 bits per heavy atom. The van der Waals surface area contributed by atoms with Gasteiger partial charge in [-0.3, -0.25) is 9.59 Å². The van der Waals surface area contributed by atoms with E-state index in [2.05, 4.69) is 77.5 Å². The van der Waals surface area contributed by atoms with Crippen LogP contribution >= 0.6 is 0 Å². The van der Waals surface area contributed by atoms with Crippen molar-refractivity contribution in [1.29, 1.82) is 0 Å². The first-order valence-electron chi connectivity index (χ1n) is 19.4. The van der Waals surface area contributed by atoms with Gasteiger partial charge < -0.3 is 15.0 Å². The zero-order valence-corrected chi connectivity index (χ0v) is 31.4. The highest BCUT2D eigenvalue weighted by Crippen LogP contribution is 2.81. The summed E-state index contributed by atoms with van der Waals surface area (Å²) >= 11 is 0. The Labute approximate surface area is 295 Å². The van der Waals surface area contributed by atoms with Crippen molar-refractivity contribution in [3.63, 3.8) is 0 Å². The standard InChI is InChI=1S/C43H61N3O3/c1-25(2)34-21-22-43(39(48)45-26(3)38-44-24-36(46-38)28-13-11-10-12-14-28)41(7,8)40(5,6)37-33-17-15-29-23-30(49-27(4)47)16-18-31(29)32(33)19-20-35(37)42(34,43)9/h10-14,24,26,29-35,37H,1,15-23H2,2-9H3,(H,44,46)(H,45,48)/t26-,29?,30?,31?,32?,33?,34?,35?,37?,42?,43?/m0/s1. The molecule has 1 amide bonds. The second kappa shape index (κ2) is 12.1. The predicted octanol–water partition coefficient (Wildman–Crippen LogP) is 9.70.